The first kappa shape index (κ1) is 22.5. The third kappa shape index (κ3) is 6.13. The van der Waals surface area contributed by atoms with Crippen LogP contribution >= 0.6 is 0 Å². The Labute approximate surface area is 184 Å². The van der Waals surface area contributed by atoms with Gasteiger partial charge in [-0.25, -0.2) is 4.98 Å². The van der Waals surface area contributed by atoms with Crippen molar-refractivity contribution >= 4 is 11.6 Å². The van der Waals surface area contributed by atoms with Crippen LogP contribution in [0.15, 0.2) is 53.8 Å². The molecule has 0 amide bonds. The summed E-state index contributed by atoms with van der Waals surface area (Å²) in [4.78, 5) is 9.38. The quantitative estimate of drug-likeness (QED) is 0.381. The maximum absolute atomic E-state index is 5.76. The van der Waals surface area contributed by atoms with E-state index in [9.17, 15) is 0 Å². The van der Waals surface area contributed by atoms with Crippen LogP contribution in [0.25, 0.3) is 5.65 Å². The number of imidazole rings is 1. The van der Waals surface area contributed by atoms with E-state index in [1.54, 1.807) is 0 Å². The summed E-state index contributed by atoms with van der Waals surface area (Å²) in [5.74, 6) is 2.32. The molecule has 0 spiro atoms. The van der Waals surface area contributed by atoms with Gasteiger partial charge in [0.15, 0.2) is 17.5 Å². The predicted molar refractivity (Wildman–Crippen MR) is 125 cm³/mol. The lowest BCUT2D eigenvalue weighted by molar-refractivity contribution is 0.287. The number of pyridine rings is 1. The van der Waals surface area contributed by atoms with Crippen molar-refractivity contribution in [3.63, 3.8) is 0 Å². The van der Waals surface area contributed by atoms with E-state index in [1.807, 2.05) is 54.8 Å². The molecule has 0 radical (unpaired) electrons. The highest BCUT2D eigenvalue weighted by Gasteiger charge is 2.12. The van der Waals surface area contributed by atoms with E-state index >= 15 is 0 Å². The van der Waals surface area contributed by atoms with Gasteiger partial charge in [-0.05, 0) is 57.5 Å². The average Bonchev–Trinajstić information content (AvgIpc) is 3.18. The molecule has 0 bridgehead atoms. The smallest absolute Gasteiger partial charge is 0.191 e. The number of nitrogens with zero attached hydrogens (tertiary/aromatic N) is 3. The lowest BCUT2D eigenvalue weighted by Gasteiger charge is -2.20. The molecular formula is C24H33N5O2. The second kappa shape index (κ2) is 11.2. The maximum Gasteiger partial charge on any atom is 0.191 e. The van der Waals surface area contributed by atoms with Crippen molar-refractivity contribution in [1.82, 2.24) is 20.0 Å². The van der Waals surface area contributed by atoms with Gasteiger partial charge in [-0.3, -0.25) is 4.99 Å². The van der Waals surface area contributed by atoms with Gasteiger partial charge >= 0.3 is 0 Å². The minimum absolute atomic E-state index is 0.0582. The third-order valence-electron chi connectivity index (χ3n) is 4.82. The number of hydrogen-bond acceptors (Lipinski definition) is 4. The summed E-state index contributed by atoms with van der Waals surface area (Å²) < 4.78 is 13.5. The van der Waals surface area contributed by atoms with E-state index in [0.29, 0.717) is 19.8 Å². The fourth-order valence-corrected chi connectivity index (χ4v) is 3.34. The summed E-state index contributed by atoms with van der Waals surface area (Å²) >= 11 is 0. The summed E-state index contributed by atoms with van der Waals surface area (Å²) in [5.41, 5.74) is 3.10. The van der Waals surface area contributed by atoms with Crippen molar-refractivity contribution in [2.24, 2.45) is 4.99 Å². The number of hydrogen-bond donors (Lipinski definition) is 2. The van der Waals surface area contributed by atoms with Crippen LogP contribution in [0.4, 0.5) is 0 Å². The van der Waals surface area contributed by atoms with Crippen molar-refractivity contribution in [2.75, 3.05) is 26.3 Å². The molecule has 0 saturated heterocycles. The Bertz CT molecular complexity index is 966. The average molecular weight is 424 g/mol. The number of aliphatic imine (C=N–C) groups is 1. The maximum atomic E-state index is 5.76. The summed E-state index contributed by atoms with van der Waals surface area (Å²) in [5, 5.41) is 6.81. The minimum Gasteiger partial charge on any atom is -0.490 e. The predicted octanol–water partition coefficient (Wildman–Crippen LogP) is 3.99. The first-order valence-electron chi connectivity index (χ1n) is 11.0. The molecule has 2 N–H and O–H groups in total. The summed E-state index contributed by atoms with van der Waals surface area (Å²) in [6.07, 6.45) is 4.85. The highest BCUT2D eigenvalue weighted by Crippen LogP contribution is 2.30. The van der Waals surface area contributed by atoms with Gasteiger partial charge in [0.1, 0.15) is 5.65 Å². The van der Waals surface area contributed by atoms with Crippen LogP contribution < -0.4 is 20.1 Å². The van der Waals surface area contributed by atoms with E-state index in [4.69, 9.17) is 14.5 Å². The zero-order chi connectivity index (χ0) is 22.1. The molecule has 0 aliphatic rings. The van der Waals surface area contributed by atoms with Crippen LogP contribution in [0.2, 0.25) is 0 Å². The lowest BCUT2D eigenvalue weighted by atomic mass is 10.1. The Kier molecular flexibility index (Phi) is 8.15. The van der Waals surface area contributed by atoms with Crippen molar-refractivity contribution in [2.45, 2.75) is 40.2 Å². The van der Waals surface area contributed by atoms with Gasteiger partial charge in [-0.15, -0.1) is 0 Å². The molecule has 7 nitrogen and oxygen atoms in total. The number of rotatable bonds is 10. The highest BCUT2D eigenvalue weighted by molar-refractivity contribution is 5.80. The monoisotopic (exact) mass is 423 g/mol. The Morgan fingerprint density at radius 2 is 1.90 bits per heavy atom. The van der Waals surface area contributed by atoms with Crippen LogP contribution in [0, 0.1) is 0 Å². The molecule has 3 rings (SSSR count). The van der Waals surface area contributed by atoms with Gasteiger partial charge in [0.05, 0.1) is 24.9 Å². The largest absolute Gasteiger partial charge is 0.490 e. The van der Waals surface area contributed by atoms with Crippen molar-refractivity contribution < 1.29 is 9.47 Å². The second-order valence-corrected chi connectivity index (χ2v) is 7.15. The van der Waals surface area contributed by atoms with Gasteiger partial charge in [-0.2, -0.15) is 0 Å². The van der Waals surface area contributed by atoms with Crippen LogP contribution in [0.5, 0.6) is 11.5 Å². The lowest BCUT2D eigenvalue weighted by Crippen LogP contribution is -2.38. The number of guanidine groups is 1. The molecule has 166 valence electrons. The van der Waals surface area contributed by atoms with E-state index in [0.717, 1.165) is 47.3 Å². The van der Waals surface area contributed by atoms with Gasteiger partial charge in [0, 0.05) is 31.9 Å². The number of aromatic nitrogens is 2. The topological polar surface area (TPSA) is 72.2 Å². The van der Waals surface area contributed by atoms with E-state index in [1.165, 1.54) is 0 Å². The first-order chi connectivity index (χ1) is 15.1. The minimum atomic E-state index is 0.0582. The number of benzene rings is 1. The number of fused-ring (bicyclic) bond motifs is 1. The molecule has 1 unspecified atom stereocenters. The normalized spacial score (nSPS) is 12.6. The highest BCUT2D eigenvalue weighted by atomic mass is 16.5. The van der Waals surface area contributed by atoms with Crippen LogP contribution in [0.1, 0.15) is 45.0 Å². The van der Waals surface area contributed by atoms with Crippen LogP contribution in [0.3, 0.4) is 0 Å². The molecule has 7 heteroatoms. The zero-order valence-electron chi connectivity index (χ0n) is 18.9. The SMILES string of the molecule is CCNC(=NCCc1cn2ccccc2n1)NC(C)c1ccc(OCC)c(OCC)c1. The Balaban J connectivity index is 1.65. The number of nitrogens with one attached hydrogen (secondary N) is 2. The molecule has 0 aliphatic heterocycles. The van der Waals surface area contributed by atoms with Crippen LogP contribution in [-0.4, -0.2) is 41.6 Å². The molecule has 0 aliphatic carbocycles. The summed E-state index contributed by atoms with van der Waals surface area (Å²) in [7, 11) is 0. The molecule has 1 aromatic carbocycles. The molecular weight excluding hydrogens is 390 g/mol. The van der Waals surface area contributed by atoms with Gasteiger partial charge in [0.25, 0.3) is 0 Å². The molecule has 1 atom stereocenters. The van der Waals surface area contributed by atoms with Crippen LogP contribution in [-0.2, 0) is 6.42 Å². The van der Waals surface area contributed by atoms with Crippen molar-refractivity contribution in [3.8, 4) is 11.5 Å². The second-order valence-electron chi connectivity index (χ2n) is 7.15. The molecule has 3 aromatic rings. The van der Waals surface area contributed by atoms with Crippen molar-refractivity contribution in [3.05, 3.63) is 60.0 Å². The standard InChI is InChI=1S/C24H33N5O2/c1-5-25-24(26-14-13-20-17-29-15-9-8-10-23(29)28-20)27-18(4)19-11-12-21(30-6-2)22(16-19)31-7-3/h8-12,15-18H,5-7,13-14H2,1-4H3,(H2,25,26,27). The number of ether oxygens (including phenoxy) is 2. The molecule has 0 saturated carbocycles. The van der Waals surface area contributed by atoms with Gasteiger partial charge in [-0.1, -0.05) is 12.1 Å². The molecule has 2 heterocycles. The zero-order valence-corrected chi connectivity index (χ0v) is 18.9. The van der Waals surface area contributed by atoms with E-state index < -0.39 is 0 Å². The third-order valence-corrected chi connectivity index (χ3v) is 4.82. The Hall–Kier alpha value is -3.22. The summed E-state index contributed by atoms with van der Waals surface area (Å²) in [6, 6.07) is 12.1. The molecule has 0 fully saturated rings. The van der Waals surface area contributed by atoms with E-state index in [-0.39, 0.29) is 6.04 Å². The molecule has 31 heavy (non-hydrogen) atoms. The first-order valence-corrected chi connectivity index (χ1v) is 11.0. The van der Waals surface area contributed by atoms with Gasteiger partial charge in [0.2, 0.25) is 0 Å². The Morgan fingerprint density at radius 1 is 1.10 bits per heavy atom. The Morgan fingerprint density at radius 3 is 2.65 bits per heavy atom. The summed E-state index contributed by atoms with van der Waals surface area (Å²) in [6.45, 7) is 10.8. The molecule has 2 aromatic heterocycles. The fourth-order valence-electron chi connectivity index (χ4n) is 3.34. The fraction of sp³-hybridized carbons (Fsp3) is 0.417. The van der Waals surface area contributed by atoms with E-state index in [2.05, 4.69) is 41.7 Å². The van der Waals surface area contributed by atoms with Gasteiger partial charge < -0.3 is 24.5 Å². The van der Waals surface area contributed by atoms with Crippen molar-refractivity contribution in [1.29, 1.82) is 0 Å².